The minimum absolute atomic E-state index is 0.00502. The van der Waals surface area contributed by atoms with Crippen LogP contribution in [0.25, 0.3) is 0 Å². The van der Waals surface area contributed by atoms with Crippen LogP contribution in [0.15, 0.2) is 12.1 Å². The standard InChI is InChI=1S/C11H14F2N2O4S/c1-2-20(18,19)4-3-14-7-8-5-11(15(16)17)10(13)6-9(8)12/h5-6,14H,2-4,7H2,1H3. The molecule has 0 radical (unpaired) electrons. The fourth-order valence-electron chi connectivity index (χ4n) is 1.45. The van der Waals surface area contributed by atoms with Crippen molar-refractivity contribution in [3.05, 3.63) is 39.4 Å². The fraction of sp³-hybridized carbons (Fsp3) is 0.455. The van der Waals surface area contributed by atoms with E-state index in [2.05, 4.69) is 5.32 Å². The Morgan fingerprint density at radius 3 is 2.50 bits per heavy atom. The first-order valence-electron chi connectivity index (χ1n) is 5.80. The summed E-state index contributed by atoms with van der Waals surface area (Å²) in [7, 11) is -3.14. The number of nitrogens with zero attached hydrogens (tertiary/aromatic N) is 1. The van der Waals surface area contributed by atoms with Gasteiger partial charge in [-0.25, -0.2) is 12.8 Å². The lowest BCUT2D eigenvalue weighted by Crippen LogP contribution is -2.24. The fourth-order valence-corrected chi connectivity index (χ4v) is 2.20. The monoisotopic (exact) mass is 308 g/mol. The van der Waals surface area contributed by atoms with Gasteiger partial charge in [-0.1, -0.05) is 6.92 Å². The largest absolute Gasteiger partial charge is 0.312 e. The van der Waals surface area contributed by atoms with Crippen molar-refractivity contribution in [3.8, 4) is 0 Å². The predicted molar refractivity (Wildman–Crippen MR) is 69.0 cm³/mol. The van der Waals surface area contributed by atoms with Crippen LogP contribution in [0.2, 0.25) is 0 Å². The zero-order chi connectivity index (χ0) is 15.3. The number of benzene rings is 1. The van der Waals surface area contributed by atoms with Crippen LogP contribution in [-0.4, -0.2) is 31.4 Å². The molecule has 0 amide bonds. The molecule has 0 fully saturated rings. The van der Waals surface area contributed by atoms with E-state index in [0.29, 0.717) is 6.07 Å². The smallest absolute Gasteiger partial charge is 0.305 e. The summed E-state index contributed by atoms with van der Waals surface area (Å²) < 4.78 is 48.9. The number of rotatable bonds is 7. The van der Waals surface area contributed by atoms with Gasteiger partial charge in [-0.05, 0) is 0 Å². The van der Waals surface area contributed by atoms with Gasteiger partial charge >= 0.3 is 5.69 Å². The lowest BCUT2D eigenvalue weighted by atomic mass is 10.2. The molecule has 0 aromatic heterocycles. The molecular weight excluding hydrogens is 294 g/mol. The van der Waals surface area contributed by atoms with Gasteiger partial charge in [-0.3, -0.25) is 10.1 Å². The van der Waals surface area contributed by atoms with Gasteiger partial charge in [0.05, 0.1) is 10.7 Å². The third-order valence-electron chi connectivity index (χ3n) is 2.66. The molecular formula is C11H14F2N2O4S. The van der Waals surface area contributed by atoms with Crippen LogP contribution in [0.3, 0.4) is 0 Å². The molecule has 0 spiro atoms. The average Bonchev–Trinajstić information content (AvgIpc) is 2.36. The molecule has 20 heavy (non-hydrogen) atoms. The van der Waals surface area contributed by atoms with Crippen LogP contribution in [0.1, 0.15) is 12.5 Å². The summed E-state index contributed by atoms with van der Waals surface area (Å²) in [5, 5.41) is 13.2. The lowest BCUT2D eigenvalue weighted by Gasteiger charge is -2.06. The van der Waals surface area contributed by atoms with Gasteiger partial charge in [0.1, 0.15) is 5.82 Å². The normalized spacial score (nSPS) is 11.6. The molecule has 0 heterocycles. The number of nitro groups is 1. The molecule has 0 aliphatic rings. The number of sulfone groups is 1. The third kappa shape index (κ3) is 4.49. The Morgan fingerprint density at radius 1 is 1.30 bits per heavy atom. The Morgan fingerprint density at radius 2 is 1.95 bits per heavy atom. The van der Waals surface area contributed by atoms with Crippen molar-refractivity contribution in [3.63, 3.8) is 0 Å². The Labute approximate surface area is 114 Å². The molecule has 9 heteroatoms. The first kappa shape index (κ1) is 16.4. The minimum Gasteiger partial charge on any atom is -0.312 e. The Bertz CT molecular complexity index is 605. The molecule has 1 rings (SSSR count). The maximum absolute atomic E-state index is 13.4. The summed E-state index contributed by atoms with van der Waals surface area (Å²) in [6.07, 6.45) is 0. The average molecular weight is 308 g/mol. The first-order valence-corrected chi connectivity index (χ1v) is 7.62. The second kappa shape index (κ2) is 6.71. The third-order valence-corrected chi connectivity index (χ3v) is 4.36. The lowest BCUT2D eigenvalue weighted by molar-refractivity contribution is -0.387. The molecule has 0 aliphatic heterocycles. The van der Waals surface area contributed by atoms with Crippen molar-refractivity contribution in [1.29, 1.82) is 0 Å². The first-order chi connectivity index (χ1) is 9.26. The van der Waals surface area contributed by atoms with E-state index in [1.165, 1.54) is 6.92 Å². The van der Waals surface area contributed by atoms with Gasteiger partial charge in [-0.2, -0.15) is 4.39 Å². The van der Waals surface area contributed by atoms with E-state index in [4.69, 9.17) is 0 Å². The van der Waals surface area contributed by atoms with E-state index in [0.717, 1.165) is 6.07 Å². The van der Waals surface area contributed by atoms with Crippen molar-refractivity contribution >= 4 is 15.5 Å². The van der Waals surface area contributed by atoms with Crippen LogP contribution in [0.5, 0.6) is 0 Å². The zero-order valence-electron chi connectivity index (χ0n) is 10.7. The summed E-state index contributed by atoms with van der Waals surface area (Å²) in [6.45, 7) is 1.48. The summed E-state index contributed by atoms with van der Waals surface area (Å²) in [4.78, 5) is 9.58. The summed E-state index contributed by atoms with van der Waals surface area (Å²) in [5.74, 6) is -2.27. The molecule has 1 aromatic carbocycles. The maximum atomic E-state index is 13.4. The molecule has 112 valence electrons. The van der Waals surface area contributed by atoms with Crippen LogP contribution in [0.4, 0.5) is 14.5 Å². The second-order valence-corrected chi connectivity index (χ2v) is 6.54. The van der Waals surface area contributed by atoms with E-state index < -0.39 is 32.1 Å². The molecule has 1 aromatic rings. The van der Waals surface area contributed by atoms with Gasteiger partial charge in [-0.15, -0.1) is 0 Å². The predicted octanol–water partition coefficient (Wildman–Crippen LogP) is 1.40. The molecule has 1 N–H and O–H groups in total. The van der Waals surface area contributed by atoms with E-state index in [9.17, 15) is 27.3 Å². The van der Waals surface area contributed by atoms with Crippen molar-refractivity contribution in [2.24, 2.45) is 0 Å². The highest BCUT2D eigenvalue weighted by Crippen LogP contribution is 2.21. The van der Waals surface area contributed by atoms with Gasteiger partial charge in [0.15, 0.2) is 9.84 Å². The molecule has 0 saturated carbocycles. The van der Waals surface area contributed by atoms with Crippen LogP contribution in [0, 0.1) is 21.7 Å². The highest BCUT2D eigenvalue weighted by atomic mass is 32.2. The molecule has 0 aliphatic carbocycles. The van der Waals surface area contributed by atoms with E-state index in [1.807, 2.05) is 0 Å². The molecule has 0 unspecified atom stereocenters. The van der Waals surface area contributed by atoms with Crippen molar-refractivity contribution in [2.45, 2.75) is 13.5 Å². The van der Waals surface area contributed by atoms with E-state index in [-0.39, 0.29) is 30.2 Å². The van der Waals surface area contributed by atoms with Crippen molar-refractivity contribution < 1.29 is 22.1 Å². The molecule has 0 atom stereocenters. The Kier molecular flexibility index (Phi) is 5.52. The summed E-state index contributed by atoms with van der Waals surface area (Å²) in [5.41, 5.74) is -0.906. The summed E-state index contributed by atoms with van der Waals surface area (Å²) in [6, 6.07) is 1.24. The topological polar surface area (TPSA) is 89.3 Å². The zero-order valence-corrected chi connectivity index (χ0v) is 11.5. The SMILES string of the molecule is CCS(=O)(=O)CCNCc1cc([N+](=O)[O-])c(F)cc1F. The van der Waals surface area contributed by atoms with Crippen LogP contribution < -0.4 is 5.32 Å². The molecule has 6 nitrogen and oxygen atoms in total. The minimum atomic E-state index is -3.14. The number of nitro benzene ring substituents is 1. The van der Waals surface area contributed by atoms with Crippen molar-refractivity contribution in [1.82, 2.24) is 5.32 Å². The number of halogens is 2. The van der Waals surface area contributed by atoms with Gasteiger partial charge < -0.3 is 5.32 Å². The van der Waals surface area contributed by atoms with Gasteiger partial charge in [0, 0.05) is 36.5 Å². The van der Waals surface area contributed by atoms with Crippen LogP contribution in [-0.2, 0) is 16.4 Å². The number of hydrogen-bond acceptors (Lipinski definition) is 5. The van der Waals surface area contributed by atoms with Gasteiger partial charge in [0.2, 0.25) is 5.82 Å². The van der Waals surface area contributed by atoms with Crippen LogP contribution >= 0.6 is 0 Å². The maximum Gasteiger partial charge on any atom is 0.305 e. The number of nitrogens with one attached hydrogen (secondary N) is 1. The Balaban J connectivity index is 2.69. The quantitative estimate of drug-likeness (QED) is 0.467. The molecule has 0 bridgehead atoms. The highest BCUT2D eigenvalue weighted by Gasteiger charge is 2.18. The Hall–Kier alpha value is -1.61. The van der Waals surface area contributed by atoms with Crippen molar-refractivity contribution in [2.75, 3.05) is 18.1 Å². The van der Waals surface area contributed by atoms with E-state index >= 15 is 0 Å². The summed E-state index contributed by atoms with van der Waals surface area (Å²) >= 11 is 0. The van der Waals surface area contributed by atoms with E-state index in [1.54, 1.807) is 0 Å². The molecule has 0 saturated heterocycles. The van der Waals surface area contributed by atoms with Gasteiger partial charge in [0.25, 0.3) is 0 Å². The second-order valence-electron chi connectivity index (χ2n) is 4.07. The number of hydrogen-bond donors (Lipinski definition) is 1. The highest BCUT2D eigenvalue weighted by molar-refractivity contribution is 7.91.